The maximum atomic E-state index is 12.7. The first-order valence-corrected chi connectivity index (χ1v) is 11.4. The van der Waals surface area contributed by atoms with Crippen molar-refractivity contribution >= 4 is 22.6 Å². The number of nitrogens with zero attached hydrogens (tertiary/aromatic N) is 5. The molecule has 3 aromatic heterocycles. The third kappa shape index (κ3) is 3.90. The van der Waals surface area contributed by atoms with E-state index in [0.717, 1.165) is 51.3 Å². The summed E-state index contributed by atoms with van der Waals surface area (Å²) in [5, 5.41) is 8.16. The number of carbonyl (C=O) groups is 1. The van der Waals surface area contributed by atoms with Gasteiger partial charge in [0.25, 0.3) is 5.91 Å². The van der Waals surface area contributed by atoms with Gasteiger partial charge >= 0.3 is 0 Å². The average molecular weight is 457 g/mol. The summed E-state index contributed by atoms with van der Waals surface area (Å²) in [6.45, 7) is 6.26. The maximum absolute atomic E-state index is 12.7. The van der Waals surface area contributed by atoms with Gasteiger partial charge in [0.05, 0.1) is 24.9 Å². The lowest BCUT2D eigenvalue weighted by molar-refractivity contribution is 0.0827. The van der Waals surface area contributed by atoms with E-state index in [4.69, 9.17) is 14.7 Å². The first-order chi connectivity index (χ1) is 16.4. The number of hydrogen-bond donors (Lipinski definition) is 1. The molecule has 174 valence electrons. The zero-order chi connectivity index (χ0) is 23.8. The van der Waals surface area contributed by atoms with Gasteiger partial charge in [-0.25, -0.2) is 4.98 Å². The normalized spacial score (nSPS) is 16.1. The molecule has 0 bridgehead atoms. The number of H-pyrrole nitrogens is 1. The van der Waals surface area contributed by atoms with Crippen molar-refractivity contribution in [3.05, 3.63) is 59.9 Å². The van der Waals surface area contributed by atoms with Gasteiger partial charge in [0.15, 0.2) is 0 Å². The summed E-state index contributed by atoms with van der Waals surface area (Å²) in [4.78, 5) is 26.4. The largest absolute Gasteiger partial charge is 0.377 e. The zero-order valence-electron chi connectivity index (χ0n) is 19.9. The molecule has 4 aromatic rings. The van der Waals surface area contributed by atoms with Crippen LogP contribution < -0.4 is 4.90 Å². The van der Waals surface area contributed by atoms with Gasteiger partial charge in [-0.15, -0.1) is 0 Å². The molecule has 0 spiro atoms. The molecular formula is C26H28N6O2. The topological polar surface area (TPSA) is 87.2 Å². The van der Waals surface area contributed by atoms with Crippen molar-refractivity contribution in [2.24, 2.45) is 0 Å². The molecule has 1 aliphatic rings. The van der Waals surface area contributed by atoms with Gasteiger partial charge in [0.2, 0.25) is 0 Å². The Morgan fingerprint density at radius 1 is 1.24 bits per heavy atom. The lowest BCUT2D eigenvalue weighted by Crippen LogP contribution is -2.44. The van der Waals surface area contributed by atoms with Gasteiger partial charge < -0.3 is 14.5 Å². The Hall–Kier alpha value is -3.78. The number of hydrogen-bond acceptors (Lipinski definition) is 6. The van der Waals surface area contributed by atoms with Crippen molar-refractivity contribution in [2.75, 3.05) is 38.8 Å². The van der Waals surface area contributed by atoms with Crippen molar-refractivity contribution in [3.8, 4) is 22.5 Å². The minimum absolute atomic E-state index is 0.0289. The standard InChI is InChI=1S/C26H28N6O2/c1-16-14-27-24(21-8-9-28-30-21)25-23(16)20(13-22(29-25)32-10-11-34-15-17(32)2)18-6-5-7-19(12-18)26(33)31(3)4/h5-9,12-14,17H,10-11,15H2,1-4H3,(H,28,30)/t17-/m1/s1. The number of aryl methyl sites for hydroxylation is 1. The fourth-order valence-electron chi connectivity index (χ4n) is 4.49. The van der Waals surface area contributed by atoms with E-state index in [1.165, 1.54) is 0 Å². The first kappa shape index (κ1) is 22.0. The van der Waals surface area contributed by atoms with E-state index >= 15 is 0 Å². The van der Waals surface area contributed by atoms with E-state index < -0.39 is 0 Å². The molecule has 0 aliphatic carbocycles. The van der Waals surface area contributed by atoms with Crippen LogP contribution in [0.3, 0.4) is 0 Å². The number of fused-ring (bicyclic) bond motifs is 1. The highest BCUT2D eigenvalue weighted by Crippen LogP contribution is 2.37. The van der Waals surface area contributed by atoms with Gasteiger partial charge in [-0.2, -0.15) is 5.10 Å². The summed E-state index contributed by atoms with van der Waals surface area (Å²) >= 11 is 0. The SMILES string of the molecule is Cc1cnc(-c2ccn[nH]2)c2nc(N3CCOC[C@H]3C)cc(-c3cccc(C(=O)N(C)C)c3)c12. The van der Waals surface area contributed by atoms with Crippen LogP contribution in [-0.2, 0) is 4.74 Å². The molecule has 1 fully saturated rings. The molecule has 34 heavy (non-hydrogen) atoms. The average Bonchev–Trinajstić information content (AvgIpc) is 3.38. The highest BCUT2D eigenvalue weighted by Gasteiger charge is 2.24. The highest BCUT2D eigenvalue weighted by molar-refractivity contribution is 6.04. The Morgan fingerprint density at radius 2 is 2.09 bits per heavy atom. The third-order valence-electron chi connectivity index (χ3n) is 6.26. The van der Waals surface area contributed by atoms with Crippen LogP contribution in [0, 0.1) is 6.92 Å². The van der Waals surface area contributed by atoms with Crippen molar-refractivity contribution in [3.63, 3.8) is 0 Å². The number of rotatable bonds is 4. The number of benzene rings is 1. The van der Waals surface area contributed by atoms with E-state index in [1.54, 1.807) is 25.2 Å². The molecule has 4 heterocycles. The second-order valence-electron chi connectivity index (χ2n) is 8.91. The molecular weight excluding hydrogens is 428 g/mol. The molecule has 1 saturated heterocycles. The Labute approximate surface area is 198 Å². The number of ether oxygens (including phenoxy) is 1. The highest BCUT2D eigenvalue weighted by atomic mass is 16.5. The fraction of sp³-hybridized carbons (Fsp3) is 0.308. The van der Waals surface area contributed by atoms with E-state index in [-0.39, 0.29) is 11.9 Å². The summed E-state index contributed by atoms with van der Waals surface area (Å²) < 4.78 is 5.66. The summed E-state index contributed by atoms with van der Waals surface area (Å²) in [6, 6.07) is 12.0. The van der Waals surface area contributed by atoms with Gasteiger partial charge in [-0.1, -0.05) is 12.1 Å². The molecule has 0 radical (unpaired) electrons. The van der Waals surface area contributed by atoms with E-state index in [0.29, 0.717) is 18.8 Å². The summed E-state index contributed by atoms with van der Waals surface area (Å²) in [5.41, 5.74) is 6.02. The second-order valence-corrected chi connectivity index (χ2v) is 8.91. The maximum Gasteiger partial charge on any atom is 0.253 e. The van der Waals surface area contributed by atoms with Gasteiger partial charge in [-0.05, 0) is 54.8 Å². The summed E-state index contributed by atoms with van der Waals surface area (Å²) in [6.07, 6.45) is 3.59. The Kier molecular flexibility index (Phi) is 5.75. The molecule has 1 N–H and O–H groups in total. The van der Waals surface area contributed by atoms with Crippen LogP contribution in [0.4, 0.5) is 5.82 Å². The Morgan fingerprint density at radius 3 is 2.82 bits per heavy atom. The minimum atomic E-state index is -0.0289. The quantitative estimate of drug-likeness (QED) is 0.501. The van der Waals surface area contributed by atoms with Crippen LogP contribution in [0.2, 0.25) is 0 Å². The number of morpholine rings is 1. The number of amides is 1. The number of carbonyl (C=O) groups excluding carboxylic acids is 1. The molecule has 5 rings (SSSR count). The molecule has 1 aromatic carbocycles. The van der Waals surface area contributed by atoms with E-state index in [9.17, 15) is 4.79 Å². The first-order valence-electron chi connectivity index (χ1n) is 11.4. The van der Waals surface area contributed by atoms with E-state index in [1.807, 2.05) is 43.5 Å². The Balaban J connectivity index is 1.79. The van der Waals surface area contributed by atoms with Crippen LogP contribution >= 0.6 is 0 Å². The van der Waals surface area contributed by atoms with Crippen LogP contribution in [0.25, 0.3) is 33.4 Å². The monoisotopic (exact) mass is 456 g/mol. The molecule has 0 saturated carbocycles. The van der Waals surface area contributed by atoms with Gasteiger partial charge in [0.1, 0.15) is 17.0 Å². The zero-order valence-corrected chi connectivity index (χ0v) is 19.9. The van der Waals surface area contributed by atoms with Crippen molar-refractivity contribution in [2.45, 2.75) is 19.9 Å². The van der Waals surface area contributed by atoms with Crippen LogP contribution in [0.5, 0.6) is 0 Å². The molecule has 1 aliphatic heterocycles. The lowest BCUT2D eigenvalue weighted by atomic mass is 9.96. The molecule has 1 atom stereocenters. The van der Waals surface area contributed by atoms with Crippen molar-refractivity contribution in [1.29, 1.82) is 0 Å². The second kappa shape index (κ2) is 8.87. The molecule has 1 amide bonds. The predicted octanol–water partition coefficient (Wildman–Crippen LogP) is 3.92. The van der Waals surface area contributed by atoms with Crippen LogP contribution in [0.1, 0.15) is 22.8 Å². The third-order valence-corrected chi connectivity index (χ3v) is 6.26. The lowest BCUT2D eigenvalue weighted by Gasteiger charge is -2.34. The summed E-state index contributed by atoms with van der Waals surface area (Å²) in [7, 11) is 3.53. The number of aromatic amines is 1. The number of aromatic nitrogens is 4. The van der Waals surface area contributed by atoms with Gasteiger partial charge in [-0.3, -0.25) is 14.9 Å². The Bertz CT molecular complexity index is 1350. The molecule has 8 nitrogen and oxygen atoms in total. The number of nitrogens with one attached hydrogen (secondary N) is 1. The smallest absolute Gasteiger partial charge is 0.253 e. The number of pyridine rings is 2. The number of anilines is 1. The van der Waals surface area contributed by atoms with Crippen molar-refractivity contribution in [1.82, 2.24) is 25.1 Å². The molecule has 0 unspecified atom stereocenters. The molecule has 8 heteroatoms. The van der Waals surface area contributed by atoms with Gasteiger partial charge in [0, 0.05) is 44.0 Å². The fourth-order valence-corrected chi connectivity index (χ4v) is 4.49. The summed E-state index contributed by atoms with van der Waals surface area (Å²) in [5.74, 6) is 0.842. The minimum Gasteiger partial charge on any atom is -0.377 e. The van der Waals surface area contributed by atoms with Crippen LogP contribution in [0.15, 0.2) is 48.8 Å². The van der Waals surface area contributed by atoms with Crippen LogP contribution in [-0.4, -0.2) is 70.9 Å². The van der Waals surface area contributed by atoms with E-state index in [2.05, 4.69) is 28.1 Å². The predicted molar refractivity (Wildman–Crippen MR) is 133 cm³/mol. The van der Waals surface area contributed by atoms with Crippen molar-refractivity contribution < 1.29 is 9.53 Å².